The first-order valence-electron chi connectivity index (χ1n) is 8.20. The Morgan fingerprint density at radius 2 is 2.00 bits per heavy atom. The topological polar surface area (TPSA) is 96.9 Å². The summed E-state index contributed by atoms with van der Waals surface area (Å²) in [6.07, 6.45) is 0. The number of benzene rings is 1. The number of hydrogen-bond acceptors (Lipinski definition) is 5. The highest BCUT2D eigenvalue weighted by atomic mass is 79.9. The smallest absolute Gasteiger partial charge is 0.338 e. The van der Waals surface area contributed by atoms with E-state index in [-0.39, 0.29) is 11.3 Å². The van der Waals surface area contributed by atoms with Crippen molar-refractivity contribution in [3.63, 3.8) is 0 Å². The molecule has 26 heavy (non-hydrogen) atoms. The van der Waals surface area contributed by atoms with Crippen molar-refractivity contribution in [1.82, 2.24) is 10.6 Å². The fourth-order valence-corrected chi connectivity index (χ4v) is 3.18. The Morgan fingerprint density at radius 1 is 1.35 bits per heavy atom. The predicted octanol–water partition coefficient (Wildman–Crippen LogP) is 3.52. The molecule has 2 amide bonds. The van der Waals surface area contributed by atoms with E-state index < -0.39 is 23.6 Å². The number of carbonyl (C=O) groups is 2. The zero-order valence-electron chi connectivity index (χ0n) is 15.4. The Hall–Kier alpha value is -2.22. The summed E-state index contributed by atoms with van der Waals surface area (Å²) < 4.78 is 11.4. The van der Waals surface area contributed by atoms with Gasteiger partial charge in [0.15, 0.2) is 11.5 Å². The van der Waals surface area contributed by atoms with Gasteiger partial charge in [-0.2, -0.15) is 0 Å². The second-order valence-corrected chi connectivity index (χ2v) is 7.71. The molecule has 0 saturated heterocycles. The third kappa shape index (κ3) is 4.49. The first-order valence-corrected chi connectivity index (χ1v) is 8.99. The van der Waals surface area contributed by atoms with E-state index in [4.69, 9.17) is 9.47 Å². The molecule has 0 spiro atoms. The SMILES string of the molecule is CCOc1c(O)cc(C2NC(=O)NC(C)=C2C(=O)OC(C)(C)C)cc1Br. The van der Waals surface area contributed by atoms with Gasteiger partial charge in [0.25, 0.3) is 0 Å². The lowest BCUT2D eigenvalue weighted by Crippen LogP contribution is -2.46. The van der Waals surface area contributed by atoms with Crippen LogP contribution in [0, 0.1) is 0 Å². The first kappa shape index (κ1) is 20.1. The van der Waals surface area contributed by atoms with Crippen molar-refractivity contribution < 1.29 is 24.2 Å². The number of phenolic OH excluding ortho intramolecular Hbond substituents is 1. The largest absolute Gasteiger partial charge is 0.504 e. The third-order valence-electron chi connectivity index (χ3n) is 3.56. The summed E-state index contributed by atoms with van der Waals surface area (Å²) in [5.41, 5.74) is 0.512. The summed E-state index contributed by atoms with van der Waals surface area (Å²) in [5, 5.41) is 15.6. The molecule has 0 radical (unpaired) electrons. The van der Waals surface area contributed by atoms with Gasteiger partial charge in [-0.3, -0.25) is 0 Å². The lowest BCUT2D eigenvalue weighted by atomic mass is 9.95. The summed E-state index contributed by atoms with van der Waals surface area (Å²) in [6.45, 7) is 9.13. The molecular formula is C18H23BrN2O5. The van der Waals surface area contributed by atoms with Crippen LogP contribution in [0.4, 0.5) is 4.79 Å². The van der Waals surface area contributed by atoms with E-state index in [1.54, 1.807) is 40.7 Å². The Labute approximate surface area is 160 Å². The van der Waals surface area contributed by atoms with Crippen molar-refractivity contribution in [2.45, 2.75) is 46.3 Å². The lowest BCUT2D eigenvalue weighted by Gasteiger charge is -2.30. The molecule has 0 bridgehead atoms. The molecule has 1 aromatic carbocycles. The van der Waals surface area contributed by atoms with Gasteiger partial charge in [-0.15, -0.1) is 0 Å². The monoisotopic (exact) mass is 426 g/mol. The van der Waals surface area contributed by atoms with Crippen LogP contribution in [0.25, 0.3) is 0 Å². The molecule has 1 aliphatic rings. The summed E-state index contributed by atoms with van der Waals surface area (Å²) in [4.78, 5) is 24.6. The number of carbonyl (C=O) groups excluding carboxylic acids is 2. The fourth-order valence-electron chi connectivity index (χ4n) is 2.60. The van der Waals surface area contributed by atoms with Crippen molar-refractivity contribution in [2.75, 3.05) is 6.61 Å². The predicted molar refractivity (Wildman–Crippen MR) is 99.9 cm³/mol. The van der Waals surface area contributed by atoms with Gasteiger partial charge >= 0.3 is 12.0 Å². The molecule has 1 unspecified atom stereocenters. The zero-order chi connectivity index (χ0) is 19.6. The van der Waals surface area contributed by atoms with Gasteiger partial charge in [-0.25, -0.2) is 9.59 Å². The zero-order valence-corrected chi connectivity index (χ0v) is 17.0. The molecule has 0 saturated carbocycles. The molecule has 8 heteroatoms. The molecule has 142 valence electrons. The van der Waals surface area contributed by atoms with Crippen molar-refractivity contribution in [1.29, 1.82) is 0 Å². The van der Waals surface area contributed by atoms with Crippen molar-refractivity contribution in [3.8, 4) is 11.5 Å². The van der Waals surface area contributed by atoms with E-state index in [1.807, 2.05) is 0 Å². The summed E-state index contributed by atoms with van der Waals surface area (Å²) >= 11 is 3.36. The number of halogens is 1. The maximum atomic E-state index is 12.7. The van der Waals surface area contributed by atoms with Crippen LogP contribution in [0.2, 0.25) is 0 Å². The normalized spacial score (nSPS) is 17.5. The molecule has 1 heterocycles. The summed E-state index contributed by atoms with van der Waals surface area (Å²) in [6, 6.07) is 1.95. The number of allylic oxidation sites excluding steroid dienone is 1. The highest BCUT2D eigenvalue weighted by molar-refractivity contribution is 9.10. The Morgan fingerprint density at radius 3 is 2.54 bits per heavy atom. The fraction of sp³-hybridized carbons (Fsp3) is 0.444. The van der Waals surface area contributed by atoms with Crippen molar-refractivity contribution >= 4 is 27.9 Å². The van der Waals surface area contributed by atoms with Crippen LogP contribution in [0.15, 0.2) is 27.9 Å². The third-order valence-corrected chi connectivity index (χ3v) is 4.15. The summed E-state index contributed by atoms with van der Waals surface area (Å²) in [5.74, 6) is -0.335. The molecule has 1 aliphatic heterocycles. The number of nitrogens with one attached hydrogen (secondary N) is 2. The van der Waals surface area contributed by atoms with E-state index in [0.29, 0.717) is 28.1 Å². The number of esters is 1. The standard InChI is InChI=1S/C18H23BrN2O5/c1-6-25-15-11(19)7-10(8-12(15)22)14-13(9(2)20-17(24)21-14)16(23)26-18(3,4)5/h7-8,14,22H,6H2,1-5H3,(H2,20,21,24). The van der Waals surface area contributed by atoms with Crippen LogP contribution in [-0.2, 0) is 9.53 Å². The molecular weight excluding hydrogens is 404 g/mol. The van der Waals surface area contributed by atoms with Gasteiger partial charge < -0.3 is 25.2 Å². The molecule has 0 aliphatic carbocycles. The minimum atomic E-state index is -0.767. The van der Waals surface area contributed by atoms with Crippen LogP contribution < -0.4 is 15.4 Å². The number of aromatic hydroxyl groups is 1. The number of hydrogen-bond donors (Lipinski definition) is 3. The van der Waals surface area contributed by atoms with Crippen LogP contribution in [0.3, 0.4) is 0 Å². The number of phenols is 1. The van der Waals surface area contributed by atoms with Crippen LogP contribution in [-0.4, -0.2) is 29.3 Å². The molecule has 3 N–H and O–H groups in total. The average molecular weight is 427 g/mol. The van der Waals surface area contributed by atoms with Gasteiger partial charge in [0, 0.05) is 5.70 Å². The number of urea groups is 1. The van der Waals surface area contributed by atoms with Crippen LogP contribution in [0.1, 0.15) is 46.2 Å². The number of amides is 2. The number of ether oxygens (including phenoxy) is 2. The highest BCUT2D eigenvalue weighted by Gasteiger charge is 2.34. The van der Waals surface area contributed by atoms with Crippen molar-refractivity contribution in [2.24, 2.45) is 0 Å². The maximum absolute atomic E-state index is 12.7. The van der Waals surface area contributed by atoms with Crippen LogP contribution in [0.5, 0.6) is 11.5 Å². The molecule has 0 fully saturated rings. The minimum Gasteiger partial charge on any atom is -0.504 e. The quantitative estimate of drug-likeness (QED) is 0.639. The molecule has 1 aromatic rings. The van der Waals surface area contributed by atoms with Gasteiger partial charge in [0.1, 0.15) is 5.60 Å². The van der Waals surface area contributed by atoms with Gasteiger partial charge in [-0.1, -0.05) is 0 Å². The van der Waals surface area contributed by atoms with E-state index in [9.17, 15) is 14.7 Å². The van der Waals surface area contributed by atoms with Gasteiger partial charge in [0.05, 0.1) is 22.7 Å². The Kier molecular flexibility index (Phi) is 5.85. The second-order valence-electron chi connectivity index (χ2n) is 6.86. The van der Waals surface area contributed by atoms with Crippen molar-refractivity contribution in [3.05, 3.63) is 33.4 Å². The second kappa shape index (κ2) is 7.57. The van der Waals surface area contributed by atoms with E-state index in [0.717, 1.165) is 0 Å². The number of rotatable bonds is 4. The Balaban J connectivity index is 2.49. The first-order chi connectivity index (χ1) is 12.0. The molecule has 1 atom stereocenters. The lowest BCUT2D eigenvalue weighted by molar-refractivity contribution is -0.150. The van der Waals surface area contributed by atoms with E-state index in [1.165, 1.54) is 6.07 Å². The van der Waals surface area contributed by atoms with E-state index in [2.05, 4.69) is 26.6 Å². The van der Waals surface area contributed by atoms with E-state index >= 15 is 0 Å². The average Bonchev–Trinajstić information content (AvgIpc) is 2.47. The molecule has 7 nitrogen and oxygen atoms in total. The Bertz CT molecular complexity index is 744. The summed E-state index contributed by atoms with van der Waals surface area (Å²) in [7, 11) is 0. The van der Waals surface area contributed by atoms with Crippen LogP contribution >= 0.6 is 15.9 Å². The molecule has 2 rings (SSSR count). The minimum absolute atomic E-state index is 0.0924. The van der Waals surface area contributed by atoms with Gasteiger partial charge in [0.2, 0.25) is 0 Å². The van der Waals surface area contributed by atoms with Gasteiger partial charge in [-0.05, 0) is 68.2 Å². The molecule has 0 aromatic heterocycles. The maximum Gasteiger partial charge on any atom is 0.338 e. The highest BCUT2D eigenvalue weighted by Crippen LogP contribution is 2.39.